The van der Waals surface area contributed by atoms with E-state index in [4.69, 9.17) is 4.74 Å². The molecule has 0 aromatic heterocycles. The zero-order valence-electron chi connectivity index (χ0n) is 19.1. The molecule has 0 bridgehead atoms. The highest BCUT2D eigenvalue weighted by molar-refractivity contribution is 6.46. The van der Waals surface area contributed by atoms with Crippen LogP contribution in [0, 0.1) is 10.1 Å². The molecule has 1 amide bonds. The minimum atomic E-state index is -0.946. The van der Waals surface area contributed by atoms with Crippen molar-refractivity contribution in [3.63, 3.8) is 0 Å². The average molecular weight is 466 g/mol. The van der Waals surface area contributed by atoms with Gasteiger partial charge in [-0.1, -0.05) is 24.8 Å². The Morgan fingerprint density at radius 1 is 1.24 bits per heavy atom. The first kappa shape index (κ1) is 24.7. The quantitative estimate of drug-likeness (QED) is 0.143. The first-order chi connectivity index (χ1) is 16.2. The molecule has 34 heavy (non-hydrogen) atoms. The van der Waals surface area contributed by atoms with E-state index in [-0.39, 0.29) is 23.6 Å². The Kier molecular flexibility index (Phi) is 7.80. The summed E-state index contributed by atoms with van der Waals surface area (Å²) in [5, 5.41) is 22.4. The lowest BCUT2D eigenvalue weighted by molar-refractivity contribution is -0.384. The number of ketones is 1. The molecule has 0 aliphatic carbocycles. The molecule has 2 aromatic carbocycles. The first-order valence-electron chi connectivity index (χ1n) is 10.8. The molecule has 1 N–H and O–H groups in total. The smallest absolute Gasteiger partial charge is 0.295 e. The van der Waals surface area contributed by atoms with Gasteiger partial charge in [-0.05, 0) is 56.9 Å². The van der Waals surface area contributed by atoms with Gasteiger partial charge in [0.25, 0.3) is 17.4 Å². The Labute approximate surface area is 197 Å². The molecule has 0 radical (unpaired) electrons. The predicted octanol–water partition coefficient (Wildman–Crippen LogP) is 3.53. The van der Waals surface area contributed by atoms with E-state index in [1.807, 2.05) is 19.0 Å². The van der Waals surface area contributed by atoms with E-state index < -0.39 is 22.7 Å². The topological polar surface area (TPSA) is 113 Å². The third-order valence-electron chi connectivity index (χ3n) is 5.44. The van der Waals surface area contributed by atoms with Crippen molar-refractivity contribution in [3.8, 4) is 5.75 Å². The van der Waals surface area contributed by atoms with Gasteiger partial charge in [0.2, 0.25) is 0 Å². The van der Waals surface area contributed by atoms with Crippen molar-refractivity contribution < 1.29 is 24.4 Å². The SMILES string of the molecule is C=CCOc1ccc(/C(O)=C2\C(=O)C(=O)N(CCCN(C)C)[C@H]2c2cccc([N+](=O)[O-])c2)cc1. The van der Waals surface area contributed by atoms with Crippen molar-refractivity contribution in [2.24, 2.45) is 0 Å². The maximum absolute atomic E-state index is 13.0. The lowest BCUT2D eigenvalue weighted by atomic mass is 9.95. The van der Waals surface area contributed by atoms with E-state index in [1.54, 1.807) is 36.4 Å². The molecule has 1 aliphatic rings. The van der Waals surface area contributed by atoms with Gasteiger partial charge in [-0.2, -0.15) is 0 Å². The molecule has 0 spiro atoms. The van der Waals surface area contributed by atoms with Crippen molar-refractivity contribution in [2.75, 3.05) is 33.8 Å². The summed E-state index contributed by atoms with van der Waals surface area (Å²) in [6, 6.07) is 11.3. The summed E-state index contributed by atoms with van der Waals surface area (Å²) in [6.45, 7) is 4.83. The highest BCUT2D eigenvalue weighted by atomic mass is 16.6. The van der Waals surface area contributed by atoms with Gasteiger partial charge in [0.15, 0.2) is 0 Å². The van der Waals surface area contributed by atoms with Crippen LogP contribution in [0.25, 0.3) is 5.76 Å². The minimum Gasteiger partial charge on any atom is -0.507 e. The number of likely N-dealkylation sites (tertiary alicyclic amines) is 1. The summed E-state index contributed by atoms with van der Waals surface area (Å²) in [5.41, 5.74) is 0.439. The fourth-order valence-electron chi connectivity index (χ4n) is 3.84. The third kappa shape index (κ3) is 5.32. The molecule has 178 valence electrons. The second-order valence-electron chi connectivity index (χ2n) is 8.13. The number of amides is 1. The summed E-state index contributed by atoms with van der Waals surface area (Å²) < 4.78 is 5.45. The molecule has 1 atom stereocenters. The summed E-state index contributed by atoms with van der Waals surface area (Å²) in [4.78, 5) is 40.1. The van der Waals surface area contributed by atoms with Crippen LogP contribution in [0.4, 0.5) is 5.69 Å². The van der Waals surface area contributed by atoms with E-state index in [0.29, 0.717) is 36.4 Å². The van der Waals surface area contributed by atoms with Crippen LogP contribution in [0.1, 0.15) is 23.6 Å². The molecular weight excluding hydrogens is 438 g/mol. The standard InChI is InChI=1S/C25H27N3O6/c1-4-15-34-20-11-9-17(10-12-20)23(29)21-22(18-7-5-8-19(16-18)28(32)33)27(25(31)24(21)30)14-6-13-26(2)3/h4-5,7-12,16,22,29H,1,6,13-15H2,2-3H3/b23-21+/t22-/m0/s1. The first-order valence-corrected chi connectivity index (χ1v) is 10.8. The van der Waals surface area contributed by atoms with E-state index in [2.05, 4.69) is 6.58 Å². The van der Waals surface area contributed by atoms with Crippen molar-refractivity contribution >= 4 is 23.1 Å². The van der Waals surface area contributed by atoms with Crippen LogP contribution in [-0.2, 0) is 9.59 Å². The summed E-state index contributed by atoms with van der Waals surface area (Å²) in [7, 11) is 3.79. The Balaban J connectivity index is 2.07. The molecule has 0 saturated carbocycles. The van der Waals surface area contributed by atoms with Crippen LogP contribution >= 0.6 is 0 Å². The van der Waals surface area contributed by atoms with Gasteiger partial charge >= 0.3 is 0 Å². The number of hydrogen-bond acceptors (Lipinski definition) is 7. The minimum absolute atomic E-state index is 0.102. The second-order valence-corrected chi connectivity index (χ2v) is 8.13. The van der Waals surface area contributed by atoms with E-state index in [0.717, 1.165) is 0 Å². The summed E-state index contributed by atoms with van der Waals surface area (Å²) in [5.74, 6) is -1.37. The lowest BCUT2D eigenvalue weighted by Crippen LogP contribution is -2.32. The molecule has 2 aromatic rings. The average Bonchev–Trinajstić information content (AvgIpc) is 3.07. The molecule has 1 heterocycles. The number of nitro benzene ring substituents is 1. The van der Waals surface area contributed by atoms with Crippen LogP contribution in [0.3, 0.4) is 0 Å². The van der Waals surface area contributed by atoms with E-state index in [9.17, 15) is 24.8 Å². The number of hydrogen-bond donors (Lipinski definition) is 1. The number of rotatable bonds is 10. The van der Waals surface area contributed by atoms with Gasteiger partial charge < -0.3 is 19.6 Å². The van der Waals surface area contributed by atoms with E-state index >= 15 is 0 Å². The number of aliphatic hydroxyl groups is 1. The van der Waals surface area contributed by atoms with Crippen LogP contribution in [0.2, 0.25) is 0 Å². The normalized spacial score (nSPS) is 17.3. The maximum atomic E-state index is 13.0. The van der Waals surface area contributed by atoms with Crippen LogP contribution < -0.4 is 4.74 Å². The van der Waals surface area contributed by atoms with Gasteiger partial charge in [-0.25, -0.2) is 0 Å². The number of carbonyl (C=O) groups is 2. The Morgan fingerprint density at radius 2 is 1.94 bits per heavy atom. The summed E-state index contributed by atoms with van der Waals surface area (Å²) in [6.07, 6.45) is 2.19. The molecule has 9 nitrogen and oxygen atoms in total. The van der Waals surface area contributed by atoms with Gasteiger partial charge in [0.05, 0.1) is 16.5 Å². The number of ether oxygens (including phenoxy) is 1. The molecule has 9 heteroatoms. The number of benzene rings is 2. The van der Waals surface area contributed by atoms with E-state index in [1.165, 1.54) is 23.1 Å². The number of non-ortho nitro benzene ring substituents is 1. The summed E-state index contributed by atoms with van der Waals surface area (Å²) >= 11 is 0. The Morgan fingerprint density at radius 3 is 2.56 bits per heavy atom. The monoisotopic (exact) mass is 465 g/mol. The fraction of sp³-hybridized carbons (Fsp3) is 0.280. The van der Waals surface area contributed by atoms with Crippen LogP contribution in [-0.4, -0.2) is 65.3 Å². The Bertz CT molecular complexity index is 1120. The van der Waals surface area contributed by atoms with Gasteiger partial charge in [0.1, 0.15) is 18.1 Å². The molecule has 3 rings (SSSR count). The zero-order chi connectivity index (χ0) is 24.8. The molecule has 1 aliphatic heterocycles. The molecule has 1 fully saturated rings. The highest BCUT2D eigenvalue weighted by Crippen LogP contribution is 2.40. The number of nitrogens with zero attached hydrogens (tertiary/aromatic N) is 3. The maximum Gasteiger partial charge on any atom is 0.295 e. The van der Waals surface area contributed by atoms with Gasteiger partial charge in [-0.15, -0.1) is 0 Å². The Hall–Kier alpha value is -3.98. The molecule has 0 unspecified atom stereocenters. The number of carbonyl (C=O) groups excluding carboxylic acids is 2. The lowest BCUT2D eigenvalue weighted by Gasteiger charge is -2.25. The predicted molar refractivity (Wildman–Crippen MR) is 127 cm³/mol. The number of Topliss-reactive ketones (excluding diaryl/α,β-unsaturated/α-hetero) is 1. The highest BCUT2D eigenvalue weighted by Gasteiger charge is 2.46. The second kappa shape index (κ2) is 10.8. The zero-order valence-corrected chi connectivity index (χ0v) is 19.1. The largest absolute Gasteiger partial charge is 0.507 e. The fourth-order valence-corrected chi connectivity index (χ4v) is 3.84. The van der Waals surface area contributed by atoms with Crippen molar-refractivity contribution in [2.45, 2.75) is 12.5 Å². The van der Waals surface area contributed by atoms with Gasteiger partial charge in [-0.3, -0.25) is 19.7 Å². The van der Waals surface area contributed by atoms with Crippen LogP contribution in [0.15, 0.2) is 66.8 Å². The number of aliphatic hydroxyl groups excluding tert-OH is 1. The van der Waals surface area contributed by atoms with Crippen molar-refractivity contribution in [1.29, 1.82) is 0 Å². The van der Waals surface area contributed by atoms with Crippen molar-refractivity contribution in [3.05, 3.63) is 88.0 Å². The molecular formula is C25H27N3O6. The van der Waals surface area contributed by atoms with Crippen molar-refractivity contribution in [1.82, 2.24) is 9.80 Å². The molecule has 1 saturated heterocycles. The third-order valence-corrected chi connectivity index (χ3v) is 5.44. The number of nitro groups is 1. The van der Waals surface area contributed by atoms with Crippen LogP contribution in [0.5, 0.6) is 5.75 Å². The van der Waals surface area contributed by atoms with Gasteiger partial charge in [0, 0.05) is 24.2 Å².